The molecule has 0 bridgehead atoms. The molecule has 0 aromatic carbocycles. The van der Waals surface area contributed by atoms with Crippen LogP contribution < -0.4 is 5.32 Å². The number of nitrogens with zero attached hydrogens (tertiary/aromatic N) is 1. The van der Waals surface area contributed by atoms with Crippen molar-refractivity contribution in [3.8, 4) is 0 Å². The standard InChI is InChI=1S/C12H25FN2/c1-10-5-7-14-11(12(2,3)4)9-15(10)8-6-13/h10-11,14H,5-9H2,1-4H3. The third-order valence-corrected chi connectivity index (χ3v) is 3.41. The Labute approximate surface area is 93.2 Å². The first kappa shape index (κ1) is 12.9. The van der Waals surface area contributed by atoms with Crippen molar-refractivity contribution in [2.75, 3.05) is 26.3 Å². The maximum atomic E-state index is 12.4. The third-order valence-electron chi connectivity index (χ3n) is 3.41. The van der Waals surface area contributed by atoms with Crippen LogP contribution in [0.2, 0.25) is 0 Å². The molecule has 2 unspecified atom stereocenters. The van der Waals surface area contributed by atoms with E-state index in [-0.39, 0.29) is 12.1 Å². The minimum Gasteiger partial charge on any atom is -0.312 e. The molecule has 1 N–H and O–H groups in total. The fourth-order valence-electron chi connectivity index (χ4n) is 2.13. The molecule has 1 heterocycles. The summed E-state index contributed by atoms with van der Waals surface area (Å²) in [5.41, 5.74) is 0.249. The van der Waals surface area contributed by atoms with E-state index in [2.05, 4.69) is 37.9 Å². The number of hydrogen-bond donors (Lipinski definition) is 1. The fraction of sp³-hybridized carbons (Fsp3) is 1.00. The first-order chi connectivity index (χ1) is 6.95. The molecular weight excluding hydrogens is 191 g/mol. The van der Waals surface area contributed by atoms with Crippen LogP contribution in [0.4, 0.5) is 4.39 Å². The summed E-state index contributed by atoms with van der Waals surface area (Å²) in [4.78, 5) is 2.27. The van der Waals surface area contributed by atoms with Gasteiger partial charge in [0.25, 0.3) is 0 Å². The maximum Gasteiger partial charge on any atom is 0.102 e. The molecule has 0 spiro atoms. The molecular formula is C12H25FN2. The van der Waals surface area contributed by atoms with Gasteiger partial charge in [-0.05, 0) is 25.3 Å². The molecule has 0 amide bonds. The van der Waals surface area contributed by atoms with Gasteiger partial charge in [0.2, 0.25) is 0 Å². The van der Waals surface area contributed by atoms with Crippen molar-refractivity contribution < 1.29 is 4.39 Å². The van der Waals surface area contributed by atoms with Gasteiger partial charge < -0.3 is 5.32 Å². The fourth-order valence-corrected chi connectivity index (χ4v) is 2.13. The smallest absolute Gasteiger partial charge is 0.102 e. The Balaban J connectivity index is 2.63. The number of rotatable bonds is 2. The van der Waals surface area contributed by atoms with Gasteiger partial charge in [0.1, 0.15) is 6.67 Å². The van der Waals surface area contributed by atoms with Gasteiger partial charge in [-0.1, -0.05) is 20.8 Å². The first-order valence-corrected chi connectivity index (χ1v) is 5.98. The molecule has 3 heteroatoms. The highest BCUT2D eigenvalue weighted by Crippen LogP contribution is 2.23. The second-order valence-corrected chi connectivity index (χ2v) is 5.69. The summed E-state index contributed by atoms with van der Waals surface area (Å²) in [6.07, 6.45) is 1.12. The quantitative estimate of drug-likeness (QED) is 0.760. The van der Waals surface area contributed by atoms with Crippen LogP contribution >= 0.6 is 0 Å². The highest BCUT2D eigenvalue weighted by molar-refractivity contribution is 4.88. The lowest BCUT2D eigenvalue weighted by Crippen LogP contribution is -2.47. The summed E-state index contributed by atoms with van der Waals surface area (Å²) in [7, 11) is 0. The zero-order valence-corrected chi connectivity index (χ0v) is 10.5. The molecule has 0 aromatic rings. The zero-order valence-electron chi connectivity index (χ0n) is 10.5. The molecule has 1 aliphatic heterocycles. The second-order valence-electron chi connectivity index (χ2n) is 5.69. The number of hydrogen-bond acceptors (Lipinski definition) is 2. The Kier molecular flexibility index (Phi) is 4.53. The second kappa shape index (κ2) is 5.26. The van der Waals surface area contributed by atoms with E-state index in [4.69, 9.17) is 0 Å². The van der Waals surface area contributed by atoms with E-state index in [0.717, 1.165) is 19.5 Å². The SMILES string of the molecule is CC1CCNC(C(C)(C)C)CN1CCF. The Morgan fingerprint density at radius 2 is 2.07 bits per heavy atom. The van der Waals surface area contributed by atoms with E-state index in [1.54, 1.807) is 0 Å². The Hall–Kier alpha value is -0.150. The number of halogens is 1. The predicted molar refractivity (Wildman–Crippen MR) is 62.9 cm³/mol. The molecule has 0 aliphatic carbocycles. The third kappa shape index (κ3) is 3.72. The van der Waals surface area contributed by atoms with Crippen LogP contribution in [-0.2, 0) is 0 Å². The van der Waals surface area contributed by atoms with Crippen LogP contribution in [-0.4, -0.2) is 43.3 Å². The van der Waals surface area contributed by atoms with E-state index in [9.17, 15) is 4.39 Å². The van der Waals surface area contributed by atoms with Crippen LogP contribution in [0, 0.1) is 5.41 Å². The summed E-state index contributed by atoms with van der Waals surface area (Å²) in [6, 6.07) is 0.967. The van der Waals surface area contributed by atoms with Crippen LogP contribution in [0.5, 0.6) is 0 Å². The molecule has 15 heavy (non-hydrogen) atoms. The molecule has 0 aromatic heterocycles. The van der Waals surface area contributed by atoms with E-state index < -0.39 is 0 Å². The molecule has 1 saturated heterocycles. The summed E-state index contributed by atoms with van der Waals surface area (Å²) < 4.78 is 12.4. The van der Waals surface area contributed by atoms with Crippen molar-refractivity contribution in [2.24, 2.45) is 5.41 Å². The average Bonchev–Trinajstić information content (AvgIpc) is 2.29. The normalized spacial score (nSPS) is 30.2. The molecule has 2 atom stereocenters. The van der Waals surface area contributed by atoms with Gasteiger partial charge in [-0.25, -0.2) is 4.39 Å². The topological polar surface area (TPSA) is 15.3 Å². The summed E-state index contributed by atoms with van der Waals surface area (Å²) >= 11 is 0. The van der Waals surface area contributed by atoms with Gasteiger partial charge in [-0.3, -0.25) is 4.90 Å². The lowest BCUT2D eigenvalue weighted by atomic mass is 9.86. The van der Waals surface area contributed by atoms with Gasteiger partial charge in [0.05, 0.1) is 0 Å². The first-order valence-electron chi connectivity index (χ1n) is 5.98. The monoisotopic (exact) mass is 216 g/mol. The van der Waals surface area contributed by atoms with Crippen LogP contribution in [0.25, 0.3) is 0 Å². The van der Waals surface area contributed by atoms with Crippen molar-refractivity contribution in [1.29, 1.82) is 0 Å². The van der Waals surface area contributed by atoms with Gasteiger partial charge in [-0.2, -0.15) is 0 Å². The van der Waals surface area contributed by atoms with Gasteiger partial charge in [0.15, 0.2) is 0 Å². The van der Waals surface area contributed by atoms with E-state index in [1.165, 1.54) is 0 Å². The van der Waals surface area contributed by atoms with E-state index >= 15 is 0 Å². The zero-order chi connectivity index (χ0) is 11.5. The number of nitrogens with one attached hydrogen (secondary N) is 1. The Bertz CT molecular complexity index is 189. The predicted octanol–water partition coefficient (Wildman–Crippen LogP) is 2.05. The molecule has 1 aliphatic rings. The molecule has 1 fully saturated rings. The maximum absolute atomic E-state index is 12.4. The minimum absolute atomic E-state index is 0.235. The summed E-state index contributed by atoms with van der Waals surface area (Å²) in [5.74, 6) is 0. The molecule has 0 radical (unpaired) electrons. The summed E-state index contributed by atoms with van der Waals surface area (Å²) in [6.45, 7) is 11.3. The largest absolute Gasteiger partial charge is 0.312 e. The van der Waals surface area contributed by atoms with Crippen molar-refractivity contribution >= 4 is 0 Å². The van der Waals surface area contributed by atoms with Gasteiger partial charge in [-0.15, -0.1) is 0 Å². The van der Waals surface area contributed by atoms with Crippen molar-refractivity contribution in [3.63, 3.8) is 0 Å². The highest BCUT2D eigenvalue weighted by Gasteiger charge is 2.30. The lowest BCUT2D eigenvalue weighted by Gasteiger charge is -2.34. The highest BCUT2D eigenvalue weighted by atomic mass is 19.1. The van der Waals surface area contributed by atoms with E-state index in [1.807, 2.05) is 0 Å². The van der Waals surface area contributed by atoms with Crippen molar-refractivity contribution in [3.05, 3.63) is 0 Å². The molecule has 0 saturated carbocycles. The minimum atomic E-state index is -0.235. The van der Waals surface area contributed by atoms with Crippen LogP contribution in [0.3, 0.4) is 0 Å². The average molecular weight is 216 g/mol. The van der Waals surface area contributed by atoms with Gasteiger partial charge >= 0.3 is 0 Å². The number of alkyl halides is 1. The summed E-state index contributed by atoms with van der Waals surface area (Å²) in [5, 5.41) is 3.58. The molecule has 1 rings (SSSR count). The lowest BCUT2D eigenvalue weighted by molar-refractivity contribution is 0.154. The molecule has 90 valence electrons. The molecule has 2 nitrogen and oxygen atoms in total. The van der Waals surface area contributed by atoms with E-state index in [0.29, 0.717) is 18.6 Å². The van der Waals surface area contributed by atoms with Crippen molar-refractivity contribution in [1.82, 2.24) is 10.2 Å². The Morgan fingerprint density at radius 3 is 2.60 bits per heavy atom. The van der Waals surface area contributed by atoms with Crippen molar-refractivity contribution in [2.45, 2.75) is 46.2 Å². The van der Waals surface area contributed by atoms with Crippen LogP contribution in [0.1, 0.15) is 34.1 Å². The Morgan fingerprint density at radius 1 is 1.40 bits per heavy atom. The van der Waals surface area contributed by atoms with Gasteiger partial charge in [0, 0.05) is 25.2 Å². The van der Waals surface area contributed by atoms with Crippen LogP contribution in [0.15, 0.2) is 0 Å².